The van der Waals surface area contributed by atoms with Crippen LogP contribution >= 0.6 is 0 Å². The molecule has 3 rings (SSSR count). The van der Waals surface area contributed by atoms with E-state index in [4.69, 9.17) is 4.42 Å². The minimum Gasteiger partial charge on any atom is -0.391 e. The molecule has 1 saturated carbocycles. The van der Waals surface area contributed by atoms with Crippen molar-refractivity contribution in [3.05, 3.63) is 51.3 Å². The highest BCUT2D eigenvalue weighted by molar-refractivity contribution is 7.70. The summed E-state index contributed by atoms with van der Waals surface area (Å²) < 4.78 is 70.9. The molecule has 11 heteroatoms. The van der Waals surface area contributed by atoms with Gasteiger partial charge >= 0.3 is 5.76 Å². The highest BCUT2D eigenvalue weighted by atomic mass is 32.2. The molecule has 1 aromatic carbocycles. The molecule has 1 fully saturated rings. The number of aromatic amines is 1. The average Bonchev–Trinajstić information content (AvgIpc) is 2.91. The predicted molar refractivity (Wildman–Crippen MR) is 80.2 cm³/mol. The van der Waals surface area contributed by atoms with Gasteiger partial charge in [0.25, 0.3) is 0 Å². The van der Waals surface area contributed by atoms with Crippen molar-refractivity contribution < 1.29 is 26.0 Å². The van der Waals surface area contributed by atoms with Crippen molar-refractivity contribution in [3.8, 4) is 0 Å². The zero-order valence-electron chi connectivity index (χ0n) is 12.9. The largest absolute Gasteiger partial charge is 0.434 e. The van der Waals surface area contributed by atoms with E-state index in [-0.39, 0.29) is 29.9 Å². The molecule has 7 nitrogen and oxygen atoms in total. The van der Waals surface area contributed by atoms with Crippen molar-refractivity contribution in [2.45, 2.75) is 37.4 Å². The van der Waals surface area contributed by atoms with Crippen LogP contribution in [0.4, 0.5) is 13.2 Å². The fourth-order valence-corrected chi connectivity index (χ4v) is 3.64. The van der Waals surface area contributed by atoms with Crippen LogP contribution in [0.2, 0.25) is 0 Å². The quantitative estimate of drug-likeness (QED) is 0.676. The summed E-state index contributed by atoms with van der Waals surface area (Å²) in [5.41, 5.74) is -3.47. The molecular formula is C14H14F3N3O4S. The number of nitrogens with one attached hydrogen (secondary N) is 2. The van der Waals surface area contributed by atoms with Gasteiger partial charge in [0.05, 0.1) is 5.41 Å². The van der Waals surface area contributed by atoms with Crippen molar-refractivity contribution in [2.75, 3.05) is 0 Å². The van der Waals surface area contributed by atoms with E-state index >= 15 is 0 Å². The molecule has 2 aromatic rings. The number of H-pyrrole nitrogens is 1. The second kappa shape index (κ2) is 5.99. The number of nitrogens with zero attached hydrogens (tertiary/aromatic N) is 1. The number of alkyl halides is 1. The molecule has 0 spiro atoms. The van der Waals surface area contributed by atoms with Gasteiger partial charge in [0.2, 0.25) is 16.8 Å². The van der Waals surface area contributed by atoms with Gasteiger partial charge in [-0.3, -0.25) is 0 Å². The Balaban J connectivity index is 2.06. The number of halogens is 3. The van der Waals surface area contributed by atoms with Gasteiger partial charge in [0, 0.05) is 17.7 Å². The lowest BCUT2D eigenvalue weighted by molar-refractivity contribution is 0.00386. The Kier molecular flexibility index (Phi) is 4.23. The lowest BCUT2D eigenvalue weighted by atomic mass is 9.57. The van der Waals surface area contributed by atoms with Crippen molar-refractivity contribution >= 4 is 10.9 Å². The van der Waals surface area contributed by atoms with Crippen LogP contribution in [0, 0.1) is 11.6 Å². The Labute approximate surface area is 141 Å². The zero-order valence-corrected chi connectivity index (χ0v) is 13.8. The van der Waals surface area contributed by atoms with Gasteiger partial charge < -0.3 is 4.42 Å². The van der Waals surface area contributed by atoms with E-state index in [0.29, 0.717) is 0 Å². The summed E-state index contributed by atoms with van der Waals surface area (Å²) in [5, 5.41) is 5.68. The summed E-state index contributed by atoms with van der Waals surface area (Å²) in [5.74, 6) is -2.85. The summed E-state index contributed by atoms with van der Waals surface area (Å²) >= 11 is 0. The van der Waals surface area contributed by atoms with Crippen molar-refractivity contribution in [1.29, 1.82) is 0 Å². The van der Waals surface area contributed by atoms with E-state index in [2.05, 4.69) is 5.10 Å². The Morgan fingerprint density at radius 3 is 2.52 bits per heavy atom. The second-order valence-electron chi connectivity index (χ2n) is 6.28. The van der Waals surface area contributed by atoms with Gasteiger partial charge in [-0.15, -0.1) is 5.10 Å². The summed E-state index contributed by atoms with van der Waals surface area (Å²) in [6, 6.07) is 1.69. The molecule has 0 amide bonds. The molecule has 1 aromatic heterocycles. The number of hydrogen-bond donors (Lipinski definition) is 3. The SMILES string of the molecule is C[C@]1(F)C[C@@](c2n[nH]c(=O)o2)(c2cc(F)c(CN[SH](=O)=O)cc2F)C1. The molecule has 0 radical (unpaired) electrons. The van der Waals surface area contributed by atoms with Crippen LogP contribution in [-0.2, 0) is 22.8 Å². The highest BCUT2D eigenvalue weighted by Gasteiger charge is 2.59. The third kappa shape index (κ3) is 3.21. The van der Waals surface area contributed by atoms with Gasteiger partial charge in [-0.1, -0.05) is 0 Å². The molecule has 0 bridgehead atoms. The Bertz CT molecular complexity index is 935. The fraction of sp³-hybridized carbons (Fsp3) is 0.429. The topological polar surface area (TPSA) is 105 Å². The Hall–Kier alpha value is -2.14. The first-order valence-electron chi connectivity index (χ1n) is 7.24. The number of aromatic nitrogens is 2. The van der Waals surface area contributed by atoms with Crippen molar-refractivity contribution in [2.24, 2.45) is 0 Å². The number of hydrogen-bond acceptors (Lipinski definition) is 5. The van der Waals surface area contributed by atoms with E-state index in [1.807, 2.05) is 9.82 Å². The molecule has 136 valence electrons. The van der Waals surface area contributed by atoms with Crippen LogP contribution in [0.5, 0.6) is 0 Å². The van der Waals surface area contributed by atoms with Crippen LogP contribution in [0.25, 0.3) is 0 Å². The van der Waals surface area contributed by atoms with Gasteiger partial charge in [0.1, 0.15) is 17.3 Å². The van der Waals surface area contributed by atoms with Crippen LogP contribution in [-0.4, -0.2) is 24.3 Å². The molecular weight excluding hydrogens is 363 g/mol. The number of thiol groups is 1. The van der Waals surface area contributed by atoms with Crippen LogP contribution in [0.3, 0.4) is 0 Å². The highest BCUT2D eigenvalue weighted by Crippen LogP contribution is 2.56. The summed E-state index contributed by atoms with van der Waals surface area (Å²) in [6.07, 6.45) is -0.484. The average molecular weight is 377 g/mol. The standard InChI is InChI=1S/C14H14F3N3O4S/c1-13(17)5-14(6-13,11-19-20-12(21)24-11)8-3-9(15)7(2-10(8)16)4-18-25(22)23/h2-3,25H,4-6H2,1H3,(H,20,21)(H,18,22,23)/t13-,14-. The molecule has 1 aliphatic carbocycles. The van der Waals surface area contributed by atoms with E-state index < -0.39 is 45.9 Å². The van der Waals surface area contributed by atoms with Crippen molar-refractivity contribution in [3.63, 3.8) is 0 Å². The lowest BCUT2D eigenvalue weighted by Crippen LogP contribution is -2.51. The first-order chi connectivity index (χ1) is 11.6. The van der Waals surface area contributed by atoms with E-state index in [0.717, 1.165) is 12.1 Å². The summed E-state index contributed by atoms with van der Waals surface area (Å²) in [4.78, 5) is 11.2. The van der Waals surface area contributed by atoms with Crippen molar-refractivity contribution in [1.82, 2.24) is 14.9 Å². The Morgan fingerprint density at radius 2 is 2.00 bits per heavy atom. The number of rotatable bonds is 5. The summed E-state index contributed by atoms with van der Waals surface area (Å²) in [6.45, 7) is 0.875. The van der Waals surface area contributed by atoms with Gasteiger partial charge in [-0.05, 0) is 31.9 Å². The number of benzene rings is 1. The Morgan fingerprint density at radius 1 is 1.32 bits per heavy atom. The lowest BCUT2D eigenvalue weighted by Gasteiger charge is -2.48. The van der Waals surface area contributed by atoms with Gasteiger partial charge in [0.15, 0.2) is 0 Å². The van der Waals surface area contributed by atoms with Gasteiger partial charge in [-0.25, -0.2) is 36.2 Å². The normalized spacial score (nSPS) is 26.0. The second-order valence-corrected chi connectivity index (χ2v) is 7.11. The molecule has 0 saturated heterocycles. The van der Waals surface area contributed by atoms with E-state index in [1.165, 1.54) is 6.92 Å². The molecule has 0 atom stereocenters. The monoisotopic (exact) mass is 377 g/mol. The van der Waals surface area contributed by atoms with Crippen LogP contribution < -0.4 is 10.5 Å². The molecule has 0 unspecified atom stereocenters. The zero-order chi connectivity index (χ0) is 18.4. The smallest absolute Gasteiger partial charge is 0.391 e. The third-order valence-electron chi connectivity index (χ3n) is 4.24. The van der Waals surface area contributed by atoms with E-state index in [9.17, 15) is 26.4 Å². The van der Waals surface area contributed by atoms with Crippen LogP contribution in [0.15, 0.2) is 21.3 Å². The van der Waals surface area contributed by atoms with Crippen LogP contribution in [0.1, 0.15) is 36.8 Å². The maximum absolute atomic E-state index is 14.6. The van der Waals surface area contributed by atoms with Gasteiger partial charge in [-0.2, -0.15) is 0 Å². The predicted octanol–water partition coefficient (Wildman–Crippen LogP) is 1.07. The minimum atomic E-state index is -2.97. The maximum atomic E-state index is 14.6. The minimum absolute atomic E-state index is 0.203. The first kappa shape index (κ1) is 17.7. The van der Waals surface area contributed by atoms with E-state index in [1.54, 1.807) is 0 Å². The molecule has 25 heavy (non-hydrogen) atoms. The first-order valence-corrected chi connectivity index (χ1v) is 8.42. The third-order valence-corrected chi connectivity index (χ3v) is 4.65. The summed E-state index contributed by atoms with van der Waals surface area (Å²) in [7, 11) is -2.97. The molecule has 0 aliphatic heterocycles. The molecule has 1 heterocycles. The molecule has 2 N–H and O–H groups in total. The molecule has 1 aliphatic rings. The fourth-order valence-electron chi connectivity index (χ4n) is 3.34. The maximum Gasteiger partial charge on any atom is 0.434 e.